The first-order valence-electron chi connectivity index (χ1n) is 5.75. The van der Waals surface area contributed by atoms with Gasteiger partial charge in [0.1, 0.15) is 0 Å². The van der Waals surface area contributed by atoms with Gasteiger partial charge in [-0.2, -0.15) is 0 Å². The van der Waals surface area contributed by atoms with Gasteiger partial charge in [-0.05, 0) is 18.3 Å². The zero-order valence-electron chi connectivity index (χ0n) is 8.78. The van der Waals surface area contributed by atoms with Gasteiger partial charge < -0.3 is 15.1 Å². The van der Waals surface area contributed by atoms with E-state index in [2.05, 4.69) is 4.90 Å². The normalized spacial score (nSPS) is 31.7. The van der Waals surface area contributed by atoms with Gasteiger partial charge in [0.05, 0.1) is 6.61 Å². The number of likely N-dealkylation sites (tertiary alicyclic amines) is 1. The van der Waals surface area contributed by atoms with E-state index in [0.717, 1.165) is 19.6 Å². The average molecular weight is 199 g/mol. The van der Waals surface area contributed by atoms with E-state index in [1.54, 1.807) is 0 Å². The predicted octanol–water partition coefficient (Wildman–Crippen LogP) is 0.463. The fourth-order valence-electron chi connectivity index (χ4n) is 3.35. The smallest absolute Gasteiger partial charge is 0.0558 e. The summed E-state index contributed by atoms with van der Waals surface area (Å²) in [6.07, 6.45) is 5.20. The topological polar surface area (TPSA) is 43.7 Å². The Morgan fingerprint density at radius 2 is 1.93 bits per heavy atom. The molecule has 1 heterocycles. The zero-order valence-corrected chi connectivity index (χ0v) is 8.78. The summed E-state index contributed by atoms with van der Waals surface area (Å²) in [5.41, 5.74) is 0.393. The fourth-order valence-corrected chi connectivity index (χ4v) is 3.35. The minimum Gasteiger partial charge on any atom is -0.396 e. The highest BCUT2D eigenvalue weighted by molar-refractivity contribution is 4.98. The quantitative estimate of drug-likeness (QED) is 0.694. The number of nitrogens with zero attached hydrogens (tertiary/aromatic N) is 1. The lowest BCUT2D eigenvalue weighted by atomic mass is 9.77. The molecule has 1 spiro atoms. The van der Waals surface area contributed by atoms with Gasteiger partial charge in [-0.3, -0.25) is 0 Å². The fraction of sp³-hybridized carbons (Fsp3) is 1.00. The molecule has 1 saturated carbocycles. The van der Waals surface area contributed by atoms with Crippen molar-refractivity contribution in [2.45, 2.75) is 25.7 Å². The lowest BCUT2D eigenvalue weighted by Gasteiger charge is -2.28. The van der Waals surface area contributed by atoms with Crippen LogP contribution in [0.25, 0.3) is 0 Å². The Balaban J connectivity index is 2.01. The van der Waals surface area contributed by atoms with E-state index in [1.165, 1.54) is 25.7 Å². The third-order valence-corrected chi connectivity index (χ3v) is 4.12. The van der Waals surface area contributed by atoms with Crippen LogP contribution < -0.4 is 0 Å². The second-order valence-corrected chi connectivity index (χ2v) is 4.91. The van der Waals surface area contributed by atoms with Crippen LogP contribution in [-0.4, -0.2) is 48.0 Å². The summed E-state index contributed by atoms with van der Waals surface area (Å²) < 4.78 is 0. The molecule has 14 heavy (non-hydrogen) atoms. The van der Waals surface area contributed by atoms with Crippen LogP contribution in [0.2, 0.25) is 0 Å². The molecule has 2 fully saturated rings. The zero-order chi connectivity index (χ0) is 10.0. The first kappa shape index (κ1) is 10.4. The first-order valence-corrected chi connectivity index (χ1v) is 5.75. The summed E-state index contributed by atoms with van der Waals surface area (Å²) in [4.78, 5) is 2.31. The van der Waals surface area contributed by atoms with Crippen LogP contribution in [0.4, 0.5) is 0 Å². The molecule has 0 radical (unpaired) electrons. The number of aliphatic hydroxyl groups is 2. The molecule has 1 aliphatic carbocycles. The van der Waals surface area contributed by atoms with Gasteiger partial charge in [0.25, 0.3) is 0 Å². The Kier molecular flexibility index (Phi) is 3.10. The summed E-state index contributed by atoms with van der Waals surface area (Å²) in [7, 11) is 0. The van der Waals surface area contributed by atoms with Gasteiger partial charge in [0, 0.05) is 32.2 Å². The molecule has 1 unspecified atom stereocenters. The third-order valence-electron chi connectivity index (χ3n) is 4.12. The van der Waals surface area contributed by atoms with Crippen LogP contribution in [0.5, 0.6) is 0 Å². The highest BCUT2D eigenvalue weighted by Gasteiger charge is 2.47. The van der Waals surface area contributed by atoms with E-state index in [9.17, 15) is 5.11 Å². The molecule has 1 saturated heterocycles. The molecular formula is C11H21NO2. The molecule has 2 aliphatic rings. The molecule has 0 aromatic heterocycles. The maximum absolute atomic E-state index is 9.39. The summed E-state index contributed by atoms with van der Waals surface area (Å²) in [6.45, 7) is 3.42. The largest absolute Gasteiger partial charge is 0.396 e. The van der Waals surface area contributed by atoms with E-state index in [0.29, 0.717) is 17.9 Å². The minimum atomic E-state index is 0.244. The van der Waals surface area contributed by atoms with Crippen molar-refractivity contribution < 1.29 is 10.2 Å². The molecule has 82 valence electrons. The minimum absolute atomic E-state index is 0.244. The van der Waals surface area contributed by atoms with Crippen molar-refractivity contribution in [3.63, 3.8) is 0 Å². The highest BCUT2D eigenvalue weighted by Crippen LogP contribution is 2.48. The van der Waals surface area contributed by atoms with Crippen molar-refractivity contribution in [3.05, 3.63) is 0 Å². The highest BCUT2D eigenvalue weighted by atomic mass is 16.3. The van der Waals surface area contributed by atoms with Crippen molar-refractivity contribution in [1.82, 2.24) is 4.90 Å². The van der Waals surface area contributed by atoms with Gasteiger partial charge >= 0.3 is 0 Å². The van der Waals surface area contributed by atoms with Crippen molar-refractivity contribution in [3.8, 4) is 0 Å². The van der Waals surface area contributed by atoms with Crippen LogP contribution in [0.15, 0.2) is 0 Å². The molecule has 2 rings (SSSR count). The Hall–Kier alpha value is -0.120. The lowest BCUT2D eigenvalue weighted by Crippen LogP contribution is -2.29. The van der Waals surface area contributed by atoms with Gasteiger partial charge in [0.2, 0.25) is 0 Å². The molecule has 3 nitrogen and oxygen atoms in total. The Bertz CT molecular complexity index is 190. The van der Waals surface area contributed by atoms with Crippen molar-refractivity contribution >= 4 is 0 Å². The van der Waals surface area contributed by atoms with Crippen LogP contribution >= 0.6 is 0 Å². The molecule has 0 amide bonds. The van der Waals surface area contributed by atoms with E-state index in [4.69, 9.17) is 5.11 Å². The first-order chi connectivity index (χ1) is 6.80. The lowest BCUT2D eigenvalue weighted by molar-refractivity contribution is 0.137. The molecular weight excluding hydrogens is 178 g/mol. The van der Waals surface area contributed by atoms with Gasteiger partial charge in [-0.1, -0.05) is 12.8 Å². The Morgan fingerprint density at radius 3 is 2.50 bits per heavy atom. The number of hydrogen-bond donors (Lipinski definition) is 2. The van der Waals surface area contributed by atoms with E-state index in [-0.39, 0.29) is 6.61 Å². The molecule has 3 heteroatoms. The van der Waals surface area contributed by atoms with Crippen LogP contribution in [0.1, 0.15) is 25.7 Å². The van der Waals surface area contributed by atoms with Crippen molar-refractivity contribution in [1.29, 1.82) is 0 Å². The summed E-state index contributed by atoms with van der Waals surface area (Å²) in [6, 6.07) is 0. The van der Waals surface area contributed by atoms with Gasteiger partial charge in [0.15, 0.2) is 0 Å². The van der Waals surface area contributed by atoms with Gasteiger partial charge in [-0.25, -0.2) is 0 Å². The maximum atomic E-state index is 9.39. The van der Waals surface area contributed by atoms with Crippen molar-refractivity contribution in [2.24, 2.45) is 11.3 Å². The number of hydrogen-bond acceptors (Lipinski definition) is 3. The second kappa shape index (κ2) is 4.17. The molecule has 0 aromatic carbocycles. The second-order valence-electron chi connectivity index (χ2n) is 4.91. The number of rotatable bonds is 3. The molecule has 0 aromatic rings. The number of β-amino-alcohol motifs (C(OH)–C–C–N with tert-alkyl or cyclic N) is 1. The van der Waals surface area contributed by atoms with Gasteiger partial charge in [-0.15, -0.1) is 0 Å². The maximum Gasteiger partial charge on any atom is 0.0558 e. The summed E-state index contributed by atoms with van der Waals surface area (Å²) in [5, 5.41) is 18.3. The standard InChI is InChI=1S/C11H21NO2/c13-6-5-12-7-10(8-14)11(9-12)3-1-2-4-11/h10,13-14H,1-9H2. The van der Waals surface area contributed by atoms with Crippen LogP contribution in [0.3, 0.4) is 0 Å². The number of aliphatic hydroxyl groups excluding tert-OH is 2. The molecule has 1 atom stereocenters. The molecule has 0 bridgehead atoms. The van der Waals surface area contributed by atoms with Crippen LogP contribution in [0, 0.1) is 11.3 Å². The average Bonchev–Trinajstić information content (AvgIpc) is 2.76. The Morgan fingerprint density at radius 1 is 1.21 bits per heavy atom. The third kappa shape index (κ3) is 1.69. The summed E-state index contributed by atoms with van der Waals surface area (Å²) in [5.74, 6) is 0.455. The summed E-state index contributed by atoms with van der Waals surface area (Å²) >= 11 is 0. The van der Waals surface area contributed by atoms with Crippen molar-refractivity contribution in [2.75, 3.05) is 32.8 Å². The van der Waals surface area contributed by atoms with E-state index < -0.39 is 0 Å². The SMILES string of the molecule is OCCN1CC(CO)C2(CCCC2)C1. The Labute approximate surface area is 85.7 Å². The van der Waals surface area contributed by atoms with E-state index >= 15 is 0 Å². The molecule has 2 N–H and O–H groups in total. The van der Waals surface area contributed by atoms with E-state index in [1.807, 2.05) is 0 Å². The van der Waals surface area contributed by atoms with Crippen LogP contribution in [-0.2, 0) is 0 Å². The molecule has 1 aliphatic heterocycles. The monoisotopic (exact) mass is 199 g/mol. The predicted molar refractivity (Wildman–Crippen MR) is 55.0 cm³/mol.